The standard InChI is InChI=1S/C16H24N2O6S/c1-5-18(6-2)25(21,22)14-9-13(8-7-12(14)3)17-15(19)10-24-16(20)11-23-4/h7-9H,5-6,10-11H2,1-4H3,(H,17,19). The molecule has 0 aliphatic heterocycles. The van der Waals surface area contributed by atoms with Gasteiger partial charge in [0.1, 0.15) is 6.61 Å². The van der Waals surface area contributed by atoms with Crippen LogP contribution in [-0.4, -0.2) is 58.0 Å². The van der Waals surface area contributed by atoms with Crippen molar-refractivity contribution in [3.05, 3.63) is 23.8 Å². The van der Waals surface area contributed by atoms with E-state index in [1.54, 1.807) is 32.9 Å². The molecule has 0 saturated heterocycles. The molecule has 0 unspecified atom stereocenters. The third-order valence-electron chi connectivity index (χ3n) is 3.42. The molecule has 25 heavy (non-hydrogen) atoms. The summed E-state index contributed by atoms with van der Waals surface area (Å²) in [5.41, 5.74) is 0.889. The minimum atomic E-state index is -3.64. The van der Waals surface area contributed by atoms with E-state index in [0.717, 1.165) is 0 Å². The minimum Gasteiger partial charge on any atom is -0.454 e. The molecule has 0 saturated carbocycles. The Hall–Kier alpha value is -1.97. The first-order valence-corrected chi connectivity index (χ1v) is 9.25. The van der Waals surface area contributed by atoms with Crippen molar-refractivity contribution in [1.29, 1.82) is 0 Å². The number of hydrogen-bond acceptors (Lipinski definition) is 6. The fourth-order valence-electron chi connectivity index (χ4n) is 2.16. The van der Waals surface area contributed by atoms with Gasteiger partial charge in [-0.25, -0.2) is 13.2 Å². The number of aryl methyl sites for hydroxylation is 1. The minimum absolute atomic E-state index is 0.130. The number of carbonyl (C=O) groups is 2. The lowest BCUT2D eigenvalue weighted by Crippen LogP contribution is -2.31. The van der Waals surface area contributed by atoms with Gasteiger partial charge in [0.05, 0.1) is 4.90 Å². The number of anilines is 1. The molecule has 1 aromatic rings. The fourth-order valence-corrected chi connectivity index (χ4v) is 3.87. The molecule has 1 aromatic carbocycles. The molecule has 0 aliphatic rings. The van der Waals surface area contributed by atoms with Crippen LogP contribution in [0.1, 0.15) is 19.4 Å². The van der Waals surface area contributed by atoms with Crippen molar-refractivity contribution >= 4 is 27.6 Å². The summed E-state index contributed by atoms with van der Waals surface area (Å²) in [5, 5.41) is 2.51. The lowest BCUT2D eigenvalue weighted by atomic mass is 10.2. The monoisotopic (exact) mass is 372 g/mol. The van der Waals surface area contributed by atoms with Gasteiger partial charge in [0.2, 0.25) is 10.0 Å². The average Bonchev–Trinajstić information content (AvgIpc) is 2.55. The predicted molar refractivity (Wildman–Crippen MR) is 92.8 cm³/mol. The smallest absolute Gasteiger partial charge is 0.332 e. The maximum absolute atomic E-state index is 12.7. The molecule has 0 fully saturated rings. The van der Waals surface area contributed by atoms with Gasteiger partial charge in [-0.1, -0.05) is 19.9 Å². The Balaban J connectivity index is 2.91. The van der Waals surface area contributed by atoms with Crippen molar-refractivity contribution in [2.75, 3.05) is 38.7 Å². The number of benzene rings is 1. The number of amides is 1. The second kappa shape index (κ2) is 9.50. The zero-order valence-electron chi connectivity index (χ0n) is 14.9. The highest BCUT2D eigenvalue weighted by molar-refractivity contribution is 7.89. The number of ether oxygens (including phenoxy) is 2. The number of methoxy groups -OCH3 is 1. The third-order valence-corrected chi connectivity index (χ3v) is 5.61. The molecular formula is C16H24N2O6S. The number of nitrogens with zero attached hydrogens (tertiary/aromatic N) is 1. The Kier molecular flexibility index (Phi) is 8.01. The molecule has 1 amide bonds. The van der Waals surface area contributed by atoms with Crippen molar-refractivity contribution < 1.29 is 27.5 Å². The van der Waals surface area contributed by atoms with Gasteiger partial charge in [0.25, 0.3) is 5.91 Å². The van der Waals surface area contributed by atoms with E-state index in [1.165, 1.54) is 17.5 Å². The molecule has 0 aromatic heterocycles. The van der Waals surface area contributed by atoms with E-state index in [2.05, 4.69) is 10.1 Å². The first-order valence-electron chi connectivity index (χ1n) is 7.81. The molecule has 0 bridgehead atoms. The maximum Gasteiger partial charge on any atom is 0.332 e. The highest BCUT2D eigenvalue weighted by Crippen LogP contribution is 2.23. The predicted octanol–water partition coefficient (Wildman–Crippen LogP) is 1.15. The Morgan fingerprint density at radius 3 is 2.36 bits per heavy atom. The molecule has 1 rings (SSSR count). The van der Waals surface area contributed by atoms with Crippen molar-refractivity contribution in [2.45, 2.75) is 25.7 Å². The van der Waals surface area contributed by atoms with Crippen LogP contribution in [0.4, 0.5) is 5.69 Å². The van der Waals surface area contributed by atoms with Crippen LogP contribution in [0.25, 0.3) is 0 Å². The zero-order chi connectivity index (χ0) is 19.0. The summed E-state index contributed by atoms with van der Waals surface area (Å²) in [6, 6.07) is 4.60. The summed E-state index contributed by atoms with van der Waals surface area (Å²) in [6.07, 6.45) is 0. The highest BCUT2D eigenvalue weighted by Gasteiger charge is 2.24. The lowest BCUT2D eigenvalue weighted by molar-refractivity contribution is -0.150. The summed E-state index contributed by atoms with van der Waals surface area (Å²) in [6.45, 7) is 5.19. The summed E-state index contributed by atoms with van der Waals surface area (Å²) < 4.78 is 36.0. The molecule has 140 valence electrons. The summed E-state index contributed by atoms with van der Waals surface area (Å²) >= 11 is 0. The molecule has 0 heterocycles. The van der Waals surface area contributed by atoms with Gasteiger partial charge in [0, 0.05) is 25.9 Å². The van der Waals surface area contributed by atoms with Crippen LogP contribution in [0.3, 0.4) is 0 Å². The largest absolute Gasteiger partial charge is 0.454 e. The third kappa shape index (κ3) is 5.80. The number of carbonyl (C=O) groups excluding carboxylic acids is 2. The van der Waals surface area contributed by atoms with E-state index in [9.17, 15) is 18.0 Å². The van der Waals surface area contributed by atoms with E-state index in [0.29, 0.717) is 24.3 Å². The number of sulfonamides is 1. The van der Waals surface area contributed by atoms with Crippen molar-refractivity contribution in [1.82, 2.24) is 4.31 Å². The number of esters is 1. The van der Waals surface area contributed by atoms with E-state index < -0.39 is 28.5 Å². The van der Waals surface area contributed by atoms with E-state index in [1.807, 2.05) is 0 Å². The second-order valence-corrected chi connectivity index (χ2v) is 7.12. The Bertz CT molecular complexity index is 713. The van der Waals surface area contributed by atoms with Crippen LogP contribution in [0.5, 0.6) is 0 Å². The molecular weight excluding hydrogens is 348 g/mol. The fraction of sp³-hybridized carbons (Fsp3) is 0.500. The average molecular weight is 372 g/mol. The molecule has 1 N–H and O–H groups in total. The van der Waals surface area contributed by atoms with Gasteiger partial charge < -0.3 is 14.8 Å². The van der Waals surface area contributed by atoms with Gasteiger partial charge in [-0.15, -0.1) is 0 Å². The molecule has 0 spiro atoms. The quantitative estimate of drug-likeness (QED) is 0.653. The maximum atomic E-state index is 12.7. The van der Waals surface area contributed by atoms with Gasteiger partial charge in [0.15, 0.2) is 6.61 Å². The highest BCUT2D eigenvalue weighted by atomic mass is 32.2. The Morgan fingerprint density at radius 2 is 1.80 bits per heavy atom. The zero-order valence-corrected chi connectivity index (χ0v) is 15.7. The van der Waals surface area contributed by atoms with E-state index >= 15 is 0 Å². The van der Waals surface area contributed by atoms with Crippen LogP contribution < -0.4 is 5.32 Å². The van der Waals surface area contributed by atoms with Crippen molar-refractivity contribution in [2.24, 2.45) is 0 Å². The van der Waals surface area contributed by atoms with Crippen LogP contribution in [0.2, 0.25) is 0 Å². The normalized spacial score (nSPS) is 11.4. The number of hydrogen-bond donors (Lipinski definition) is 1. The summed E-state index contributed by atoms with van der Waals surface area (Å²) in [7, 11) is -2.30. The van der Waals surface area contributed by atoms with E-state index in [-0.39, 0.29) is 11.5 Å². The SMILES string of the molecule is CCN(CC)S(=O)(=O)c1cc(NC(=O)COC(=O)COC)ccc1C. The molecule has 0 radical (unpaired) electrons. The molecule has 0 atom stereocenters. The molecule has 0 aliphatic carbocycles. The molecule has 9 heteroatoms. The summed E-state index contributed by atoms with van der Waals surface area (Å²) in [5.74, 6) is -1.23. The van der Waals surface area contributed by atoms with Gasteiger partial charge >= 0.3 is 5.97 Å². The van der Waals surface area contributed by atoms with Gasteiger partial charge in [-0.3, -0.25) is 4.79 Å². The van der Waals surface area contributed by atoms with Crippen molar-refractivity contribution in [3.63, 3.8) is 0 Å². The topological polar surface area (TPSA) is 102 Å². The first-order chi connectivity index (χ1) is 11.8. The number of rotatable bonds is 9. The second-order valence-electron chi connectivity index (χ2n) is 5.21. The van der Waals surface area contributed by atoms with Gasteiger partial charge in [-0.05, 0) is 24.6 Å². The van der Waals surface area contributed by atoms with Gasteiger partial charge in [-0.2, -0.15) is 4.31 Å². The van der Waals surface area contributed by atoms with Crippen LogP contribution in [0.15, 0.2) is 23.1 Å². The number of nitrogens with one attached hydrogen (secondary N) is 1. The van der Waals surface area contributed by atoms with Crippen molar-refractivity contribution in [3.8, 4) is 0 Å². The Morgan fingerprint density at radius 1 is 1.16 bits per heavy atom. The van der Waals surface area contributed by atoms with Crippen LogP contribution in [-0.2, 0) is 29.1 Å². The van der Waals surface area contributed by atoms with Crippen LogP contribution >= 0.6 is 0 Å². The van der Waals surface area contributed by atoms with Crippen LogP contribution in [0, 0.1) is 6.92 Å². The molecule has 8 nitrogen and oxygen atoms in total. The lowest BCUT2D eigenvalue weighted by Gasteiger charge is -2.20. The Labute approximate surface area is 148 Å². The van der Waals surface area contributed by atoms with E-state index in [4.69, 9.17) is 4.74 Å². The first kappa shape index (κ1) is 21.1. The summed E-state index contributed by atoms with van der Waals surface area (Å²) in [4.78, 5) is 23.1.